The molecule has 0 saturated heterocycles. The number of carbonyl (C=O) groups is 1. The fraction of sp³-hybridized carbons (Fsp3) is 0.358. The van der Waals surface area contributed by atoms with E-state index in [0.29, 0.717) is 47.8 Å². The molecule has 0 radical (unpaired) electrons. The normalized spacial score (nSPS) is 22.4. The summed E-state index contributed by atoms with van der Waals surface area (Å²) in [4.78, 5) is 33.9. The van der Waals surface area contributed by atoms with Crippen LogP contribution in [0.15, 0.2) is 145 Å². The molecule has 1 heterocycles. The molecular weight excluding hydrogens is 842 g/mol. The predicted molar refractivity (Wildman–Crippen MR) is 251 cm³/mol. The van der Waals surface area contributed by atoms with Gasteiger partial charge in [0.1, 0.15) is 36.6 Å². The maximum absolute atomic E-state index is 15.1. The zero-order valence-electron chi connectivity index (χ0n) is 37.1. The van der Waals surface area contributed by atoms with E-state index < -0.39 is 34.4 Å². The minimum Gasteiger partial charge on any atom is -0.490 e. The van der Waals surface area contributed by atoms with Crippen molar-refractivity contribution in [2.75, 3.05) is 26.4 Å². The van der Waals surface area contributed by atoms with Gasteiger partial charge in [0.15, 0.2) is 0 Å². The summed E-state index contributed by atoms with van der Waals surface area (Å²) in [5.41, 5.74) is 4.47. The standard InChI is InChI=1S/C53H58FN3O9/c1-3-30-63-43-25-26-48-46(33-43)51-44(15-9-11-29-59)40(14-8-10-28-58)32-45-47(55-65-36-39-12-6-5-7-13-39)34-49(53(66-48,52(45)51)64-31-4-2)56(35-38-16-21-41(54)22-17-38)50(60)27-20-37-18-23-42(24-19-37)57(61)62/h3-7,12-13,16-27,32-33,40,44,49,51-52,58-59H,1-2,8-11,14-15,28-31,34-36H2. The van der Waals surface area contributed by atoms with Crippen LogP contribution in [0.1, 0.15) is 73.1 Å². The quantitative estimate of drug-likeness (QED) is 0.0244. The Balaban J connectivity index is 1.45. The Morgan fingerprint density at radius 2 is 1.65 bits per heavy atom. The lowest BCUT2D eigenvalue weighted by Crippen LogP contribution is -2.70. The predicted octanol–water partition coefficient (Wildman–Crippen LogP) is 9.87. The van der Waals surface area contributed by atoms with Crippen LogP contribution in [0.3, 0.4) is 0 Å². The summed E-state index contributed by atoms with van der Waals surface area (Å²) < 4.78 is 35.0. The molecule has 0 spiro atoms. The van der Waals surface area contributed by atoms with Crippen molar-refractivity contribution in [1.29, 1.82) is 0 Å². The number of carbonyl (C=O) groups excluding carboxylic acids is 1. The number of hydrogen-bond donors (Lipinski definition) is 2. The Hall–Kier alpha value is -6.41. The highest BCUT2D eigenvalue weighted by Crippen LogP contribution is 2.62. The molecule has 66 heavy (non-hydrogen) atoms. The molecular formula is C53H58FN3O9. The number of benzene rings is 4. The van der Waals surface area contributed by atoms with Crippen molar-refractivity contribution in [3.63, 3.8) is 0 Å². The van der Waals surface area contributed by atoms with E-state index in [2.05, 4.69) is 19.2 Å². The van der Waals surface area contributed by atoms with Crippen molar-refractivity contribution in [3.05, 3.63) is 178 Å². The van der Waals surface area contributed by atoms with E-state index in [1.165, 1.54) is 30.3 Å². The number of nitrogens with zero attached hydrogens (tertiary/aromatic N) is 3. The number of fused-ring (bicyclic) bond motifs is 2. The van der Waals surface area contributed by atoms with E-state index in [-0.39, 0.29) is 62.8 Å². The second kappa shape index (κ2) is 22.7. The highest BCUT2D eigenvalue weighted by molar-refractivity contribution is 6.03. The maximum Gasteiger partial charge on any atom is 0.269 e. The van der Waals surface area contributed by atoms with Gasteiger partial charge in [-0.25, -0.2) is 4.39 Å². The van der Waals surface area contributed by atoms with E-state index in [0.717, 1.165) is 42.4 Å². The third kappa shape index (κ3) is 11.0. The van der Waals surface area contributed by atoms with E-state index in [4.69, 9.17) is 24.2 Å². The number of allylic oxidation sites excluding steroid dienone is 1. The van der Waals surface area contributed by atoms with Gasteiger partial charge in [0.25, 0.3) is 5.69 Å². The van der Waals surface area contributed by atoms with Gasteiger partial charge in [-0.15, -0.1) is 6.58 Å². The molecule has 0 bridgehead atoms. The summed E-state index contributed by atoms with van der Waals surface area (Å²) in [5.74, 6) is -2.05. The number of unbranched alkanes of at least 4 members (excludes halogenated alkanes) is 2. The molecule has 1 amide bonds. The average Bonchev–Trinajstić information content (AvgIpc) is 3.33. The van der Waals surface area contributed by atoms with Gasteiger partial charge in [-0.1, -0.05) is 85.3 Å². The van der Waals surface area contributed by atoms with Crippen molar-refractivity contribution in [2.45, 2.75) is 75.8 Å². The Morgan fingerprint density at radius 1 is 0.924 bits per heavy atom. The van der Waals surface area contributed by atoms with E-state index in [9.17, 15) is 24.7 Å². The molecule has 1 fully saturated rings. The van der Waals surface area contributed by atoms with E-state index in [1.54, 1.807) is 47.4 Å². The second-order valence-corrected chi connectivity index (χ2v) is 16.9. The number of non-ortho nitro benzene ring substituents is 1. The third-order valence-electron chi connectivity index (χ3n) is 12.7. The molecule has 2 aliphatic carbocycles. The lowest BCUT2D eigenvalue weighted by Gasteiger charge is -2.60. The molecule has 3 aliphatic rings. The Kier molecular flexibility index (Phi) is 16.3. The van der Waals surface area contributed by atoms with Crippen LogP contribution in [0, 0.1) is 33.7 Å². The van der Waals surface area contributed by atoms with Gasteiger partial charge in [0.05, 0.1) is 23.2 Å². The maximum atomic E-state index is 15.1. The van der Waals surface area contributed by atoms with Crippen LogP contribution < -0.4 is 9.47 Å². The Labute approximate surface area is 385 Å². The zero-order chi connectivity index (χ0) is 46.5. The van der Waals surface area contributed by atoms with Gasteiger partial charge in [0, 0.05) is 55.9 Å². The molecule has 7 rings (SSSR count). The molecule has 1 aliphatic heterocycles. The number of rotatable bonds is 23. The fourth-order valence-electron chi connectivity index (χ4n) is 9.75. The lowest BCUT2D eigenvalue weighted by molar-refractivity contribution is -0.384. The number of ether oxygens (including phenoxy) is 3. The van der Waals surface area contributed by atoms with Crippen LogP contribution in [-0.2, 0) is 27.5 Å². The van der Waals surface area contributed by atoms with Crippen LogP contribution in [0.5, 0.6) is 11.5 Å². The number of oxime groups is 1. The summed E-state index contributed by atoms with van der Waals surface area (Å²) in [6, 6.07) is 26.5. The van der Waals surface area contributed by atoms with Gasteiger partial charge in [0.2, 0.25) is 11.7 Å². The first kappa shape index (κ1) is 47.5. The zero-order valence-corrected chi connectivity index (χ0v) is 37.1. The Bertz CT molecular complexity index is 2390. The van der Waals surface area contributed by atoms with E-state index in [1.807, 2.05) is 48.5 Å². The smallest absolute Gasteiger partial charge is 0.269 e. The molecule has 4 aromatic carbocycles. The van der Waals surface area contributed by atoms with Crippen molar-refractivity contribution in [1.82, 2.24) is 4.90 Å². The largest absolute Gasteiger partial charge is 0.490 e. The number of aliphatic hydroxyl groups excluding tert-OH is 2. The van der Waals surface area contributed by atoms with Crippen LogP contribution in [0.25, 0.3) is 6.08 Å². The van der Waals surface area contributed by atoms with Crippen LogP contribution >= 0.6 is 0 Å². The molecule has 6 unspecified atom stereocenters. The highest BCUT2D eigenvalue weighted by atomic mass is 19.1. The fourth-order valence-corrected chi connectivity index (χ4v) is 9.75. The minimum atomic E-state index is -1.55. The highest BCUT2D eigenvalue weighted by Gasteiger charge is 2.65. The van der Waals surface area contributed by atoms with Crippen LogP contribution in [0.2, 0.25) is 0 Å². The van der Waals surface area contributed by atoms with Gasteiger partial charge in [-0.05, 0) is 108 Å². The van der Waals surface area contributed by atoms with Crippen molar-refractivity contribution in [2.24, 2.45) is 22.9 Å². The monoisotopic (exact) mass is 899 g/mol. The van der Waals surface area contributed by atoms with Gasteiger partial charge in [-0.2, -0.15) is 0 Å². The molecule has 13 heteroatoms. The molecule has 4 aromatic rings. The number of nitro groups is 1. The SMILES string of the molecule is C=CCOc1ccc2c(c1)C1C(CCCCO)C(CCCCO)C=C3C(=NOCc4ccccc4)CC(N(Cc4ccc(F)cc4)C(=O)C=Cc4ccc([N+](=O)[O-])cc4)C(OCC=C)(O2)C31. The van der Waals surface area contributed by atoms with Crippen molar-refractivity contribution >= 4 is 23.4 Å². The summed E-state index contributed by atoms with van der Waals surface area (Å²) in [7, 11) is 0. The third-order valence-corrected chi connectivity index (χ3v) is 12.7. The lowest BCUT2D eigenvalue weighted by atomic mass is 9.55. The first-order valence-corrected chi connectivity index (χ1v) is 22.6. The first-order chi connectivity index (χ1) is 32.2. The minimum absolute atomic E-state index is 0.0125. The summed E-state index contributed by atoms with van der Waals surface area (Å²) in [6.45, 7) is 8.56. The molecule has 2 N–H and O–H groups in total. The molecule has 0 aromatic heterocycles. The Morgan fingerprint density at radius 3 is 2.35 bits per heavy atom. The average molecular weight is 900 g/mol. The van der Waals surface area contributed by atoms with E-state index >= 15 is 4.79 Å². The van der Waals surface area contributed by atoms with Gasteiger partial charge in [-0.3, -0.25) is 14.9 Å². The molecule has 1 saturated carbocycles. The topological polar surface area (TPSA) is 153 Å². The molecule has 6 atom stereocenters. The first-order valence-electron chi connectivity index (χ1n) is 22.6. The number of hydrogen-bond acceptors (Lipinski definition) is 10. The molecule has 12 nitrogen and oxygen atoms in total. The number of aliphatic hydroxyl groups is 2. The van der Waals surface area contributed by atoms with Crippen LogP contribution in [0.4, 0.5) is 10.1 Å². The second-order valence-electron chi connectivity index (χ2n) is 16.9. The van der Waals surface area contributed by atoms with Crippen LogP contribution in [-0.4, -0.2) is 69.9 Å². The summed E-state index contributed by atoms with van der Waals surface area (Å²) >= 11 is 0. The molecule has 346 valence electrons. The number of amides is 1. The van der Waals surface area contributed by atoms with Gasteiger partial charge < -0.3 is 34.2 Å². The van der Waals surface area contributed by atoms with Crippen molar-refractivity contribution < 1.29 is 43.4 Å². The number of nitro benzene ring substituents is 1. The van der Waals surface area contributed by atoms with Crippen molar-refractivity contribution in [3.8, 4) is 11.5 Å². The van der Waals surface area contributed by atoms with Gasteiger partial charge >= 0.3 is 0 Å². The number of halogens is 1. The summed E-state index contributed by atoms with van der Waals surface area (Å²) in [6.07, 6.45) is 13.1. The summed E-state index contributed by atoms with van der Waals surface area (Å²) in [5, 5.41) is 36.3.